The summed E-state index contributed by atoms with van der Waals surface area (Å²) in [6.07, 6.45) is 1.07. The molecule has 3 aromatic carbocycles. The summed E-state index contributed by atoms with van der Waals surface area (Å²) in [5.41, 5.74) is -0.452. The number of hydrogen-bond acceptors (Lipinski definition) is 5. The number of hydrogen-bond donors (Lipinski definition) is 1. The molecule has 0 bridgehead atoms. The topological polar surface area (TPSA) is 90.5 Å². The van der Waals surface area contributed by atoms with Crippen molar-refractivity contribution in [2.45, 2.75) is 4.90 Å². The molecule has 4 aromatic rings. The van der Waals surface area contributed by atoms with E-state index in [9.17, 15) is 18.3 Å². The van der Waals surface area contributed by atoms with Gasteiger partial charge in [0.05, 0.1) is 16.8 Å². The van der Waals surface area contributed by atoms with Gasteiger partial charge in [-0.05, 0) is 48.5 Å². The van der Waals surface area contributed by atoms with Crippen LogP contribution in [0.3, 0.4) is 0 Å². The Morgan fingerprint density at radius 2 is 1.31 bits per heavy atom. The Hall–Kier alpha value is -3.78. The van der Waals surface area contributed by atoms with Crippen molar-refractivity contribution in [2.24, 2.45) is 0 Å². The molecule has 4 rings (SSSR count). The first-order valence-corrected chi connectivity index (χ1v) is 10.1. The van der Waals surface area contributed by atoms with E-state index in [0.717, 1.165) is 10.8 Å². The maximum absolute atomic E-state index is 12.9. The van der Waals surface area contributed by atoms with Crippen LogP contribution in [-0.4, -0.2) is 22.1 Å². The molecule has 7 nitrogen and oxygen atoms in total. The molecule has 0 amide bonds. The molecule has 29 heavy (non-hydrogen) atoms. The highest BCUT2D eigenvalue weighted by molar-refractivity contribution is 7.90. The normalized spacial score (nSPS) is 11.3. The highest BCUT2D eigenvalue weighted by Crippen LogP contribution is 2.25. The fourth-order valence-corrected chi connectivity index (χ4v) is 4.11. The van der Waals surface area contributed by atoms with E-state index >= 15 is 0 Å². The maximum atomic E-state index is 12.9. The van der Waals surface area contributed by atoms with Gasteiger partial charge in [-0.15, -0.1) is 3.97 Å². The van der Waals surface area contributed by atoms with E-state index in [1.54, 1.807) is 42.5 Å². The molecule has 0 aliphatic rings. The van der Waals surface area contributed by atoms with Crippen molar-refractivity contribution in [1.82, 2.24) is 8.54 Å². The first kappa shape index (κ1) is 18.6. The van der Waals surface area contributed by atoms with E-state index in [-0.39, 0.29) is 4.90 Å². The highest BCUT2D eigenvalue weighted by atomic mass is 32.2. The van der Waals surface area contributed by atoms with E-state index in [1.165, 1.54) is 24.3 Å². The van der Waals surface area contributed by atoms with Gasteiger partial charge in [0.1, 0.15) is 11.5 Å². The first-order valence-electron chi connectivity index (χ1n) is 8.64. The number of benzene rings is 3. The Balaban J connectivity index is 1.69. The number of ether oxygens (including phenoxy) is 1. The highest BCUT2D eigenvalue weighted by Gasteiger charge is 2.25. The fraction of sp³-hybridized carbons (Fsp3) is 0. The molecule has 0 radical (unpaired) electrons. The lowest BCUT2D eigenvalue weighted by Gasteiger charge is -2.08. The Morgan fingerprint density at radius 3 is 1.93 bits per heavy atom. The van der Waals surface area contributed by atoms with Crippen LogP contribution in [0.15, 0.2) is 101 Å². The molecule has 0 aliphatic heterocycles. The van der Waals surface area contributed by atoms with Crippen LogP contribution in [0.5, 0.6) is 17.4 Å². The second-order valence-corrected chi connectivity index (χ2v) is 7.92. The molecule has 1 N–H and O–H groups in total. The van der Waals surface area contributed by atoms with Crippen molar-refractivity contribution in [3.8, 4) is 23.1 Å². The average molecular weight is 408 g/mol. The zero-order chi connectivity index (χ0) is 20.4. The van der Waals surface area contributed by atoms with E-state index in [1.807, 2.05) is 18.2 Å². The number of aromatic nitrogens is 2. The number of nitrogens with zero attached hydrogens (tertiary/aromatic N) is 2. The Labute approximate surface area is 166 Å². The largest absolute Gasteiger partial charge is 0.493 e. The van der Waals surface area contributed by atoms with Crippen molar-refractivity contribution in [2.75, 3.05) is 0 Å². The molecule has 0 unspecified atom stereocenters. The summed E-state index contributed by atoms with van der Waals surface area (Å²) >= 11 is 0. The van der Waals surface area contributed by atoms with E-state index < -0.39 is 21.6 Å². The van der Waals surface area contributed by atoms with Crippen LogP contribution >= 0.6 is 0 Å². The van der Waals surface area contributed by atoms with Gasteiger partial charge >= 0.3 is 5.69 Å². The molecule has 146 valence electrons. The van der Waals surface area contributed by atoms with Crippen LogP contribution in [-0.2, 0) is 10.0 Å². The maximum Gasteiger partial charge on any atom is 0.350 e. The van der Waals surface area contributed by atoms with E-state index in [0.29, 0.717) is 21.2 Å². The minimum absolute atomic E-state index is 0.152. The number of para-hydroxylation sites is 2. The summed E-state index contributed by atoms with van der Waals surface area (Å²) in [5, 5.41) is 10.2. The van der Waals surface area contributed by atoms with Crippen molar-refractivity contribution in [3.63, 3.8) is 0 Å². The fourth-order valence-electron chi connectivity index (χ4n) is 2.83. The molecule has 8 heteroatoms. The van der Waals surface area contributed by atoms with Gasteiger partial charge in [0, 0.05) is 0 Å². The summed E-state index contributed by atoms with van der Waals surface area (Å²) < 4.78 is 33.0. The molecule has 0 saturated heterocycles. The van der Waals surface area contributed by atoms with Gasteiger partial charge in [-0.1, -0.05) is 36.4 Å². The van der Waals surface area contributed by atoms with E-state index in [4.69, 9.17) is 4.74 Å². The van der Waals surface area contributed by atoms with Crippen LogP contribution < -0.4 is 10.4 Å². The summed E-state index contributed by atoms with van der Waals surface area (Å²) in [6, 6.07) is 23.1. The van der Waals surface area contributed by atoms with Gasteiger partial charge in [-0.2, -0.15) is 0 Å². The molecule has 0 aliphatic carbocycles. The predicted molar refractivity (Wildman–Crippen MR) is 107 cm³/mol. The molecule has 1 heterocycles. The zero-order valence-corrected chi connectivity index (χ0v) is 15.9. The SMILES string of the molecule is O=c1n(-c2ccccc2)cc(O)n1S(=O)(=O)c1ccc(Oc2ccccc2)cc1. The van der Waals surface area contributed by atoms with Crippen LogP contribution in [0, 0.1) is 0 Å². The van der Waals surface area contributed by atoms with Crippen LogP contribution in [0.4, 0.5) is 0 Å². The van der Waals surface area contributed by atoms with Gasteiger partial charge < -0.3 is 9.84 Å². The molecule has 0 atom stereocenters. The van der Waals surface area contributed by atoms with E-state index in [2.05, 4.69) is 0 Å². The summed E-state index contributed by atoms with van der Waals surface area (Å²) in [4.78, 5) is 12.5. The molecular formula is C21H16N2O5S. The molecule has 0 spiro atoms. The minimum atomic E-state index is -4.30. The third kappa shape index (κ3) is 3.53. The molecular weight excluding hydrogens is 392 g/mol. The summed E-state index contributed by atoms with van der Waals surface area (Å²) in [6.45, 7) is 0. The predicted octanol–water partition coefficient (Wildman–Crippen LogP) is 3.37. The minimum Gasteiger partial charge on any atom is -0.493 e. The quantitative estimate of drug-likeness (QED) is 0.547. The van der Waals surface area contributed by atoms with Gasteiger partial charge in [-0.25, -0.2) is 13.2 Å². The lowest BCUT2D eigenvalue weighted by atomic mass is 10.3. The van der Waals surface area contributed by atoms with Crippen LogP contribution in [0.2, 0.25) is 0 Å². The van der Waals surface area contributed by atoms with Crippen molar-refractivity contribution in [1.29, 1.82) is 0 Å². The van der Waals surface area contributed by atoms with Crippen molar-refractivity contribution < 1.29 is 18.3 Å². The molecule has 0 saturated carbocycles. The van der Waals surface area contributed by atoms with Crippen LogP contribution in [0.25, 0.3) is 5.69 Å². The lowest BCUT2D eigenvalue weighted by Crippen LogP contribution is -2.28. The average Bonchev–Trinajstić information content (AvgIpc) is 3.04. The standard InChI is InChI=1S/C21H16N2O5S/c24-20-15-22(16-7-3-1-4-8-16)21(25)23(20)29(26,27)19-13-11-18(12-14-19)28-17-9-5-2-6-10-17/h1-15,24H. The number of aromatic hydroxyl groups is 1. The zero-order valence-electron chi connectivity index (χ0n) is 15.0. The Bertz CT molecular complexity index is 1290. The number of imidazole rings is 1. The second-order valence-electron chi connectivity index (χ2n) is 6.13. The monoisotopic (exact) mass is 408 g/mol. The summed E-state index contributed by atoms with van der Waals surface area (Å²) in [5.74, 6) is 0.369. The van der Waals surface area contributed by atoms with Gasteiger partial charge in [0.2, 0.25) is 5.88 Å². The second kappa shape index (κ2) is 7.33. The molecule has 1 aromatic heterocycles. The lowest BCUT2D eigenvalue weighted by molar-refractivity contribution is 0.443. The van der Waals surface area contributed by atoms with Crippen LogP contribution in [0.1, 0.15) is 0 Å². The third-order valence-electron chi connectivity index (χ3n) is 4.21. The molecule has 0 fully saturated rings. The van der Waals surface area contributed by atoms with Crippen molar-refractivity contribution >= 4 is 10.0 Å². The Morgan fingerprint density at radius 1 is 0.759 bits per heavy atom. The first-order chi connectivity index (χ1) is 14.0. The van der Waals surface area contributed by atoms with Gasteiger partial charge in [0.25, 0.3) is 10.0 Å². The Kier molecular flexibility index (Phi) is 4.69. The van der Waals surface area contributed by atoms with Crippen molar-refractivity contribution in [3.05, 3.63) is 102 Å². The summed E-state index contributed by atoms with van der Waals surface area (Å²) in [7, 11) is -4.30. The van der Waals surface area contributed by atoms with Gasteiger partial charge in [0.15, 0.2) is 0 Å². The smallest absolute Gasteiger partial charge is 0.350 e. The number of rotatable bonds is 5. The third-order valence-corrected chi connectivity index (χ3v) is 5.90. The van der Waals surface area contributed by atoms with Gasteiger partial charge in [-0.3, -0.25) is 4.57 Å².